The van der Waals surface area contributed by atoms with Crippen molar-refractivity contribution in [3.05, 3.63) is 61.0 Å². The van der Waals surface area contributed by atoms with Crippen molar-refractivity contribution in [3.63, 3.8) is 0 Å². The molecule has 0 radical (unpaired) electrons. The minimum Gasteiger partial charge on any atom is -0.387 e. The fourth-order valence-corrected chi connectivity index (χ4v) is 3.20. The first-order chi connectivity index (χ1) is 11.3. The van der Waals surface area contributed by atoms with Crippen molar-refractivity contribution in [2.24, 2.45) is 10.7 Å². The van der Waals surface area contributed by atoms with Gasteiger partial charge in [0.05, 0.1) is 20.8 Å². The molecule has 24 heavy (non-hydrogen) atoms. The maximum atomic E-state index is 6.11. The molecule has 0 aromatic heterocycles. The van der Waals surface area contributed by atoms with Crippen LogP contribution in [0.2, 0.25) is 25.1 Å². The second-order valence-corrected chi connectivity index (χ2v) is 7.02. The molecular weight excluding hydrogens is 432 g/mol. The zero-order valence-corrected chi connectivity index (χ0v) is 16.5. The van der Waals surface area contributed by atoms with Gasteiger partial charge in [-0.05, 0) is 42.0 Å². The predicted octanol–water partition coefficient (Wildman–Crippen LogP) is 6.25. The van der Waals surface area contributed by atoms with Crippen molar-refractivity contribution in [3.8, 4) is 0 Å². The number of anilines is 1. The molecule has 2 rings (SSSR count). The van der Waals surface area contributed by atoms with Crippen LogP contribution in [0.3, 0.4) is 0 Å². The highest BCUT2D eigenvalue weighted by Crippen LogP contribution is 2.36. The van der Waals surface area contributed by atoms with Crippen molar-refractivity contribution in [1.82, 2.24) is 0 Å². The molecule has 2 aromatic rings. The molecule has 0 bridgehead atoms. The van der Waals surface area contributed by atoms with Gasteiger partial charge in [-0.1, -0.05) is 64.1 Å². The quantitative estimate of drug-likeness (QED) is 0.256. The maximum absolute atomic E-state index is 6.11. The Morgan fingerprint density at radius 3 is 2.17 bits per heavy atom. The van der Waals surface area contributed by atoms with Crippen LogP contribution in [0, 0.1) is 0 Å². The van der Waals surface area contributed by atoms with Gasteiger partial charge in [-0.15, -0.1) is 0 Å². The Kier molecular flexibility index (Phi) is 6.99. The van der Waals surface area contributed by atoms with Gasteiger partial charge in [0.25, 0.3) is 0 Å². The Bertz CT molecular complexity index is 803. The first-order valence-electron chi connectivity index (χ1n) is 6.50. The van der Waals surface area contributed by atoms with Gasteiger partial charge in [0, 0.05) is 16.5 Å². The molecule has 0 fully saturated rings. The van der Waals surface area contributed by atoms with Gasteiger partial charge in [-0.3, -0.25) is 0 Å². The second kappa shape index (κ2) is 8.56. The average Bonchev–Trinajstić information content (AvgIpc) is 2.51. The average molecular weight is 442 g/mol. The van der Waals surface area contributed by atoms with Gasteiger partial charge >= 0.3 is 0 Å². The van der Waals surface area contributed by atoms with Gasteiger partial charge in [0.2, 0.25) is 0 Å². The summed E-state index contributed by atoms with van der Waals surface area (Å²) in [6, 6.07) is 8.36. The molecule has 2 aromatic carbocycles. The van der Waals surface area contributed by atoms with E-state index in [1.807, 2.05) is 0 Å². The molecule has 126 valence electrons. The fourth-order valence-electron chi connectivity index (χ4n) is 1.83. The smallest absolute Gasteiger partial charge is 0.198 e. The molecule has 0 saturated heterocycles. The number of hydrogen-bond acceptors (Lipinski definition) is 1. The number of aliphatic imine (C=N–C) groups is 1. The minimum atomic E-state index is 0.0849. The number of amidine groups is 1. The number of benzene rings is 2. The molecular formula is C15H10Cl5N3S. The summed E-state index contributed by atoms with van der Waals surface area (Å²) in [4.78, 5) is 4.10. The molecule has 0 amide bonds. The third-order valence-corrected chi connectivity index (χ3v) is 4.96. The summed E-state index contributed by atoms with van der Waals surface area (Å²) in [7, 11) is 0. The Labute approximate surface area is 169 Å². The molecule has 9 heteroatoms. The molecule has 0 heterocycles. The minimum absolute atomic E-state index is 0.0849. The lowest BCUT2D eigenvalue weighted by molar-refractivity contribution is 1.29. The van der Waals surface area contributed by atoms with Crippen molar-refractivity contribution in [2.75, 3.05) is 5.32 Å². The topological polar surface area (TPSA) is 50.4 Å². The van der Waals surface area contributed by atoms with Crippen molar-refractivity contribution < 1.29 is 0 Å². The first kappa shape index (κ1) is 19.6. The number of hydrogen-bond donors (Lipinski definition) is 2. The van der Waals surface area contributed by atoms with Gasteiger partial charge in [0.1, 0.15) is 5.84 Å². The number of nitrogens with zero attached hydrogens (tertiary/aromatic N) is 1. The molecule has 0 unspecified atom stereocenters. The summed E-state index contributed by atoms with van der Waals surface area (Å²) in [5, 5.41) is 4.84. The van der Waals surface area contributed by atoms with E-state index in [0.717, 1.165) is 0 Å². The van der Waals surface area contributed by atoms with E-state index in [1.54, 1.807) is 30.3 Å². The summed E-state index contributed by atoms with van der Waals surface area (Å²) < 4.78 is 0. The molecule has 0 aliphatic carbocycles. The summed E-state index contributed by atoms with van der Waals surface area (Å²) >= 11 is 35.5. The van der Waals surface area contributed by atoms with Crippen LogP contribution in [-0.4, -0.2) is 10.9 Å². The number of nitrogens with two attached hydrogens (primary N) is 1. The van der Waals surface area contributed by atoms with Crippen LogP contribution in [0.5, 0.6) is 0 Å². The summed E-state index contributed by atoms with van der Waals surface area (Å²) in [6.07, 6.45) is 0.247. The normalized spacial score (nSPS) is 11.5. The monoisotopic (exact) mass is 439 g/mol. The Balaban J connectivity index is 2.17. The van der Waals surface area contributed by atoms with E-state index in [-0.39, 0.29) is 22.4 Å². The third-order valence-electron chi connectivity index (χ3n) is 2.94. The van der Waals surface area contributed by atoms with E-state index in [1.165, 1.54) is 0 Å². The number of rotatable bonds is 3. The number of halogens is 5. The lowest BCUT2D eigenvalue weighted by atomic mass is 10.1. The van der Waals surface area contributed by atoms with E-state index < -0.39 is 0 Å². The first-order valence-corrected chi connectivity index (χ1v) is 8.79. The second-order valence-electron chi connectivity index (χ2n) is 4.63. The van der Waals surface area contributed by atoms with E-state index in [4.69, 9.17) is 76.0 Å². The molecule has 0 saturated carbocycles. The predicted molar refractivity (Wildman–Crippen MR) is 109 cm³/mol. The number of nitrogens with one attached hydrogen (secondary N) is 1. The zero-order valence-electron chi connectivity index (χ0n) is 11.9. The molecule has 3 N–H and O–H groups in total. The summed E-state index contributed by atoms with van der Waals surface area (Å²) in [5.41, 5.74) is 6.95. The summed E-state index contributed by atoms with van der Waals surface area (Å²) in [6.45, 7) is 0. The van der Waals surface area contributed by atoms with Gasteiger partial charge in [-0.2, -0.15) is 0 Å². The van der Waals surface area contributed by atoms with Crippen LogP contribution >= 0.6 is 70.2 Å². The van der Waals surface area contributed by atoms with Gasteiger partial charge in [0.15, 0.2) is 5.11 Å². The van der Waals surface area contributed by atoms with Gasteiger partial charge < -0.3 is 11.1 Å². The Morgan fingerprint density at radius 1 is 0.958 bits per heavy atom. The highest BCUT2D eigenvalue weighted by molar-refractivity contribution is 7.80. The third kappa shape index (κ3) is 4.88. The maximum Gasteiger partial charge on any atom is 0.198 e. The van der Waals surface area contributed by atoms with Crippen molar-refractivity contribution in [1.29, 1.82) is 0 Å². The molecule has 0 spiro atoms. The van der Waals surface area contributed by atoms with Crippen molar-refractivity contribution in [2.45, 2.75) is 6.42 Å². The van der Waals surface area contributed by atoms with E-state index >= 15 is 0 Å². The highest BCUT2D eigenvalue weighted by atomic mass is 35.5. The van der Waals surface area contributed by atoms with Crippen LogP contribution in [0.1, 0.15) is 5.56 Å². The largest absolute Gasteiger partial charge is 0.387 e. The van der Waals surface area contributed by atoms with Crippen LogP contribution in [0.25, 0.3) is 0 Å². The SMILES string of the molecule is N/C(Cc1c(Cl)cccc1Cl)=N\C(=S)Nc1c(Cl)ccc(Cl)c1Cl. The van der Waals surface area contributed by atoms with Crippen LogP contribution in [0.15, 0.2) is 35.3 Å². The van der Waals surface area contributed by atoms with E-state index in [0.29, 0.717) is 31.3 Å². The Morgan fingerprint density at radius 2 is 1.54 bits per heavy atom. The summed E-state index contributed by atoms with van der Waals surface area (Å²) in [5.74, 6) is 0.233. The Hall–Kier alpha value is -0.750. The highest BCUT2D eigenvalue weighted by Gasteiger charge is 2.12. The lowest BCUT2D eigenvalue weighted by Crippen LogP contribution is -2.20. The van der Waals surface area contributed by atoms with Crippen LogP contribution in [-0.2, 0) is 6.42 Å². The lowest BCUT2D eigenvalue weighted by Gasteiger charge is -2.11. The van der Waals surface area contributed by atoms with E-state index in [9.17, 15) is 0 Å². The standard InChI is InChI=1S/C15H10Cl5N3S/c16-8-2-1-3-9(17)7(8)6-12(21)22-15(24)23-14-11(19)5-4-10(18)13(14)20/h1-5H,6H2,(H3,21,22,23,24). The van der Waals surface area contributed by atoms with Crippen LogP contribution in [0.4, 0.5) is 5.69 Å². The zero-order chi connectivity index (χ0) is 17.9. The van der Waals surface area contributed by atoms with Gasteiger partial charge in [-0.25, -0.2) is 4.99 Å². The fraction of sp³-hybridized carbons (Fsp3) is 0.0667. The molecule has 0 aliphatic rings. The molecule has 0 aliphatic heterocycles. The number of thiocarbonyl (C=S) groups is 1. The molecule has 3 nitrogen and oxygen atoms in total. The van der Waals surface area contributed by atoms with Crippen molar-refractivity contribution >= 4 is 86.9 Å². The van der Waals surface area contributed by atoms with E-state index in [2.05, 4.69) is 10.3 Å². The van der Waals surface area contributed by atoms with Crippen LogP contribution < -0.4 is 11.1 Å². The molecule has 0 atom stereocenters.